The van der Waals surface area contributed by atoms with Crippen LogP contribution in [0.4, 0.5) is 0 Å². The molecule has 6 heteroatoms. The van der Waals surface area contributed by atoms with Gasteiger partial charge >= 0.3 is 0 Å². The van der Waals surface area contributed by atoms with Crippen molar-refractivity contribution in [2.75, 3.05) is 21.3 Å². The van der Waals surface area contributed by atoms with Crippen molar-refractivity contribution in [3.8, 4) is 11.5 Å². The highest BCUT2D eigenvalue weighted by Gasteiger charge is 2.15. The number of hydrogen-bond donors (Lipinski definition) is 0. The number of halogens is 1. The summed E-state index contributed by atoms with van der Waals surface area (Å²) in [6.07, 6.45) is 0. The molecule has 0 spiro atoms. The minimum atomic E-state index is -0.0551. The number of hydrogen-bond acceptors (Lipinski definition) is 4. The lowest BCUT2D eigenvalue weighted by Gasteiger charge is -2.17. The van der Waals surface area contributed by atoms with Gasteiger partial charge in [0.05, 0.1) is 24.6 Å². The first kappa shape index (κ1) is 15.9. The maximum absolute atomic E-state index is 12.4. The summed E-state index contributed by atoms with van der Waals surface area (Å²) >= 11 is 5.04. The number of nitrogens with zero attached hydrogens (tertiary/aromatic N) is 1. The lowest BCUT2D eigenvalue weighted by Crippen LogP contribution is -2.25. The molecule has 21 heavy (non-hydrogen) atoms. The summed E-state index contributed by atoms with van der Waals surface area (Å²) in [6.45, 7) is 0.573. The number of benzene rings is 1. The van der Waals surface area contributed by atoms with Gasteiger partial charge in [0.1, 0.15) is 0 Å². The van der Waals surface area contributed by atoms with Crippen LogP contribution in [-0.4, -0.2) is 32.1 Å². The number of methoxy groups -OCH3 is 2. The summed E-state index contributed by atoms with van der Waals surface area (Å²) in [5.74, 6) is 1.11. The third-order valence-electron chi connectivity index (χ3n) is 3.00. The largest absolute Gasteiger partial charge is 0.493 e. The number of thiophene rings is 1. The van der Waals surface area contributed by atoms with Crippen LogP contribution in [0.25, 0.3) is 0 Å². The van der Waals surface area contributed by atoms with Crippen LogP contribution in [0.1, 0.15) is 15.2 Å². The first-order valence-corrected chi connectivity index (χ1v) is 7.87. The van der Waals surface area contributed by atoms with Gasteiger partial charge < -0.3 is 14.4 Å². The Morgan fingerprint density at radius 3 is 2.48 bits per heavy atom. The maximum atomic E-state index is 12.4. The molecule has 0 unspecified atom stereocenters. The normalized spacial score (nSPS) is 10.3. The van der Waals surface area contributed by atoms with Gasteiger partial charge in [0, 0.05) is 17.5 Å². The molecule has 0 aliphatic rings. The van der Waals surface area contributed by atoms with Gasteiger partial charge in [-0.1, -0.05) is 0 Å². The SMILES string of the molecule is COc1ccc(C(=O)N(C)Cc2ccc(Br)s2)cc1OC. The van der Waals surface area contributed by atoms with E-state index in [9.17, 15) is 4.79 Å². The summed E-state index contributed by atoms with van der Waals surface area (Å²) in [5, 5.41) is 0. The molecule has 0 bridgehead atoms. The van der Waals surface area contributed by atoms with Crippen LogP contribution in [0, 0.1) is 0 Å². The van der Waals surface area contributed by atoms with Crippen molar-refractivity contribution in [3.05, 3.63) is 44.6 Å². The van der Waals surface area contributed by atoms with Gasteiger partial charge in [0.25, 0.3) is 5.91 Å². The second kappa shape index (κ2) is 6.95. The molecule has 1 aromatic heterocycles. The van der Waals surface area contributed by atoms with Crippen LogP contribution >= 0.6 is 27.3 Å². The third kappa shape index (κ3) is 3.77. The molecule has 112 valence electrons. The van der Waals surface area contributed by atoms with Crippen molar-refractivity contribution in [1.29, 1.82) is 0 Å². The highest BCUT2D eigenvalue weighted by atomic mass is 79.9. The van der Waals surface area contributed by atoms with Crippen LogP contribution in [-0.2, 0) is 6.54 Å². The minimum absolute atomic E-state index is 0.0551. The standard InChI is InChI=1S/C15H16BrNO3S/c1-17(9-11-5-7-14(16)21-11)15(18)10-4-6-12(19-2)13(8-10)20-3/h4-8H,9H2,1-3H3. The van der Waals surface area contributed by atoms with Crippen molar-refractivity contribution in [1.82, 2.24) is 4.90 Å². The number of ether oxygens (including phenoxy) is 2. The van der Waals surface area contributed by atoms with E-state index in [0.717, 1.165) is 8.66 Å². The predicted octanol–water partition coefficient (Wildman–Crippen LogP) is 3.80. The van der Waals surface area contributed by atoms with E-state index in [1.54, 1.807) is 55.7 Å². The van der Waals surface area contributed by atoms with E-state index in [1.807, 2.05) is 12.1 Å². The topological polar surface area (TPSA) is 38.8 Å². The van der Waals surface area contributed by atoms with Crippen molar-refractivity contribution in [2.24, 2.45) is 0 Å². The summed E-state index contributed by atoms with van der Waals surface area (Å²) in [5.41, 5.74) is 0.575. The molecule has 0 fully saturated rings. The van der Waals surface area contributed by atoms with Crippen molar-refractivity contribution in [3.63, 3.8) is 0 Å². The molecule has 1 aromatic carbocycles. The Hall–Kier alpha value is -1.53. The fourth-order valence-electron chi connectivity index (χ4n) is 1.93. The van der Waals surface area contributed by atoms with Crippen LogP contribution < -0.4 is 9.47 Å². The average molecular weight is 370 g/mol. The monoisotopic (exact) mass is 369 g/mol. The minimum Gasteiger partial charge on any atom is -0.493 e. The van der Waals surface area contributed by atoms with Gasteiger partial charge in [-0.25, -0.2) is 0 Å². The Bertz CT molecular complexity index is 642. The molecular weight excluding hydrogens is 354 g/mol. The lowest BCUT2D eigenvalue weighted by atomic mass is 10.1. The Morgan fingerprint density at radius 1 is 1.19 bits per heavy atom. The summed E-state index contributed by atoms with van der Waals surface area (Å²) in [7, 11) is 4.91. The maximum Gasteiger partial charge on any atom is 0.254 e. The molecular formula is C15H16BrNO3S. The highest BCUT2D eigenvalue weighted by Crippen LogP contribution is 2.28. The zero-order chi connectivity index (χ0) is 15.4. The van der Waals surface area contributed by atoms with Gasteiger partial charge in [-0.15, -0.1) is 11.3 Å². The summed E-state index contributed by atoms with van der Waals surface area (Å²) in [6, 6.07) is 9.16. The van der Waals surface area contributed by atoms with Gasteiger partial charge in [-0.3, -0.25) is 4.79 Å². The van der Waals surface area contributed by atoms with E-state index < -0.39 is 0 Å². The summed E-state index contributed by atoms with van der Waals surface area (Å²) < 4.78 is 11.5. The molecule has 2 aromatic rings. The molecule has 0 saturated carbocycles. The number of carbonyl (C=O) groups is 1. The Balaban J connectivity index is 2.15. The first-order chi connectivity index (χ1) is 10.0. The van der Waals surface area contributed by atoms with Crippen LogP contribution in [0.5, 0.6) is 11.5 Å². The highest BCUT2D eigenvalue weighted by molar-refractivity contribution is 9.11. The number of amides is 1. The molecule has 1 heterocycles. The zero-order valence-electron chi connectivity index (χ0n) is 12.1. The molecule has 4 nitrogen and oxygen atoms in total. The first-order valence-electron chi connectivity index (χ1n) is 6.27. The molecule has 2 rings (SSSR count). The Kier molecular flexibility index (Phi) is 5.25. The number of rotatable bonds is 5. The van der Waals surface area contributed by atoms with E-state index in [0.29, 0.717) is 23.6 Å². The van der Waals surface area contributed by atoms with Gasteiger partial charge in [0.2, 0.25) is 0 Å². The van der Waals surface area contributed by atoms with E-state index in [1.165, 1.54) is 0 Å². The Morgan fingerprint density at radius 2 is 1.90 bits per heavy atom. The van der Waals surface area contributed by atoms with Crippen molar-refractivity contribution >= 4 is 33.2 Å². The number of carbonyl (C=O) groups excluding carboxylic acids is 1. The van der Waals surface area contributed by atoms with Crippen LogP contribution in [0.3, 0.4) is 0 Å². The zero-order valence-corrected chi connectivity index (χ0v) is 14.5. The second-order valence-corrected chi connectivity index (χ2v) is 6.98. The van der Waals surface area contributed by atoms with Crippen LogP contribution in [0.15, 0.2) is 34.1 Å². The molecule has 0 saturated heterocycles. The molecule has 0 aliphatic carbocycles. The fraction of sp³-hybridized carbons (Fsp3) is 0.267. The smallest absolute Gasteiger partial charge is 0.254 e. The van der Waals surface area contributed by atoms with Gasteiger partial charge in [-0.2, -0.15) is 0 Å². The van der Waals surface area contributed by atoms with Crippen molar-refractivity contribution < 1.29 is 14.3 Å². The van der Waals surface area contributed by atoms with E-state index in [-0.39, 0.29) is 5.91 Å². The molecule has 0 atom stereocenters. The molecule has 0 aliphatic heterocycles. The molecule has 1 amide bonds. The van der Waals surface area contributed by atoms with E-state index in [4.69, 9.17) is 9.47 Å². The van der Waals surface area contributed by atoms with Gasteiger partial charge in [-0.05, 0) is 46.3 Å². The lowest BCUT2D eigenvalue weighted by molar-refractivity contribution is 0.0786. The van der Waals surface area contributed by atoms with E-state index in [2.05, 4.69) is 15.9 Å². The fourth-order valence-corrected chi connectivity index (χ4v) is 3.47. The second-order valence-electron chi connectivity index (χ2n) is 4.44. The average Bonchev–Trinajstić information content (AvgIpc) is 2.90. The van der Waals surface area contributed by atoms with Crippen molar-refractivity contribution in [2.45, 2.75) is 6.54 Å². The van der Waals surface area contributed by atoms with Gasteiger partial charge in [0.15, 0.2) is 11.5 Å². The third-order valence-corrected chi connectivity index (χ3v) is 4.61. The predicted molar refractivity (Wildman–Crippen MR) is 87.4 cm³/mol. The summed E-state index contributed by atoms with van der Waals surface area (Å²) in [4.78, 5) is 15.2. The molecule has 0 N–H and O–H groups in total. The quantitative estimate of drug-likeness (QED) is 0.804. The Labute approximate surface area is 136 Å². The molecule has 0 radical (unpaired) electrons. The van der Waals surface area contributed by atoms with E-state index >= 15 is 0 Å². The van der Waals surface area contributed by atoms with Crippen LogP contribution in [0.2, 0.25) is 0 Å².